The van der Waals surface area contributed by atoms with E-state index in [1.54, 1.807) is 7.11 Å². The fraction of sp³-hybridized carbons (Fsp3) is 0.917. The number of carbonyl (C=O) groups is 1. The number of ether oxygens (including phenoxy) is 1. The Kier molecular flexibility index (Phi) is 5.88. The predicted molar refractivity (Wildman–Crippen MR) is 65.8 cm³/mol. The number of amides is 1. The summed E-state index contributed by atoms with van der Waals surface area (Å²) in [5.74, 6) is 0.162. The fourth-order valence-electron chi connectivity index (χ4n) is 2.13. The number of rotatable bonds is 6. The molecular weight excluding hydrogens is 220 g/mol. The number of methoxy groups -OCH3 is 1. The summed E-state index contributed by atoms with van der Waals surface area (Å²) in [6, 6.07) is -0.181. The number of nitrogens with zero attached hydrogens (tertiary/aromatic N) is 2. The van der Waals surface area contributed by atoms with Crippen LogP contribution in [0, 0.1) is 0 Å². The third kappa shape index (κ3) is 4.26. The Balaban J connectivity index is 2.39. The van der Waals surface area contributed by atoms with Crippen molar-refractivity contribution in [1.29, 1.82) is 0 Å². The Morgan fingerprint density at radius 1 is 1.47 bits per heavy atom. The van der Waals surface area contributed by atoms with Crippen LogP contribution < -0.4 is 0 Å². The van der Waals surface area contributed by atoms with Crippen LogP contribution in [0.5, 0.6) is 0 Å². The summed E-state index contributed by atoms with van der Waals surface area (Å²) in [6.45, 7) is 4.39. The first-order valence-corrected chi connectivity index (χ1v) is 6.22. The van der Waals surface area contributed by atoms with E-state index in [2.05, 4.69) is 0 Å². The minimum atomic E-state index is -0.543. The highest BCUT2D eigenvalue weighted by Gasteiger charge is 2.26. The van der Waals surface area contributed by atoms with E-state index in [-0.39, 0.29) is 11.9 Å². The van der Waals surface area contributed by atoms with Crippen molar-refractivity contribution in [2.45, 2.75) is 31.9 Å². The maximum absolute atomic E-state index is 12.1. The first-order chi connectivity index (χ1) is 8.06. The summed E-state index contributed by atoms with van der Waals surface area (Å²) in [5, 5.41) is 9.62. The maximum Gasteiger partial charge on any atom is 0.239 e. The number of carbonyl (C=O) groups excluding carboxylic acids is 1. The van der Waals surface area contributed by atoms with Crippen LogP contribution in [-0.2, 0) is 9.53 Å². The summed E-state index contributed by atoms with van der Waals surface area (Å²) in [4.78, 5) is 15.9. The fourth-order valence-corrected chi connectivity index (χ4v) is 2.13. The minimum absolute atomic E-state index is 0.162. The van der Waals surface area contributed by atoms with Crippen molar-refractivity contribution in [2.75, 3.05) is 40.4 Å². The molecule has 0 saturated carbocycles. The lowest BCUT2D eigenvalue weighted by atomic mass is 10.2. The predicted octanol–water partition coefficient (Wildman–Crippen LogP) is -0.0636. The molecule has 1 aliphatic rings. The van der Waals surface area contributed by atoms with Crippen LogP contribution in [0.25, 0.3) is 0 Å². The molecule has 0 aromatic carbocycles. The van der Waals surface area contributed by atoms with Crippen molar-refractivity contribution in [3.05, 3.63) is 0 Å². The molecule has 1 rings (SSSR count). The van der Waals surface area contributed by atoms with Gasteiger partial charge in [-0.2, -0.15) is 0 Å². The van der Waals surface area contributed by atoms with Gasteiger partial charge in [-0.25, -0.2) is 0 Å². The molecule has 5 nitrogen and oxygen atoms in total. The topological polar surface area (TPSA) is 53.0 Å². The molecule has 100 valence electrons. The largest absolute Gasteiger partial charge is 0.389 e. The average molecular weight is 244 g/mol. The standard InChI is InChI=1S/C12H24N2O3/c1-10(12(16)14-6-4-5-7-14)13(2)8-11(15)9-17-3/h10-11,15H,4-9H2,1-3H3. The molecule has 0 radical (unpaired) electrons. The molecule has 1 aliphatic heterocycles. The molecule has 1 N–H and O–H groups in total. The van der Waals surface area contributed by atoms with Crippen LogP contribution in [0.4, 0.5) is 0 Å². The Hall–Kier alpha value is -0.650. The zero-order valence-electron chi connectivity index (χ0n) is 11.1. The van der Waals surface area contributed by atoms with Crippen LogP contribution in [-0.4, -0.2) is 73.4 Å². The minimum Gasteiger partial charge on any atom is -0.389 e. The second-order valence-corrected chi connectivity index (χ2v) is 4.76. The molecule has 0 spiro atoms. The maximum atomic E-state index is 12.1. The van der Waals surface area contributed by atoms with Crippen molar-refractivity contribution in [3.8, 4) is 0 Å². The lowest BCUT2D eigenvalue weighted by Crippen LogP contribution is -2.47. The van der Waals surface area contributed by atoms with Gasteiger partial charge in [0.05, 0.1) is 18.8 Å². The molecule has 2 unspecified atom stereocenters. The first-order valence-electron chi connectivity index (χ1n) is 6.22. The molecular formula is C12H24N2O3. The molecule has 0 aromatic heterocycles. The lowest BCUT2D eigenvalue weighted by Gasteiger charge is -2.29. The Bertz CT molecular complexity index is 242. The van der Waals surface area contributed by atoms with E-state index in [0.29, 0.717) is 13.2 Å². The van der Waals surface area contributed by atoms with Crippen molar-refractivity contribution < 1.29 is 14.6 Å². The number of aliphatic hydroxyl groups is 1. The molecule has 2 atom stereocenters. The molecule has 0 bridgehead atoms. The van der Waals surface area contributed by atoms with Gasteiger partial charge in [-0.1, -0.05) is 0 Å². The van der Waals surface area contributed by atoms with E-state index in [4.69, 9.17) is 4.74 Å². The third-order valence-corrected chi connectivity index (χ3v) is 3.29. The highest BCUT2D eigenvalue weighted by molar-refractivity contribution is 5.81. The summed E-state index contributed by atoms with van der Waals surface area (Å²) >= 11 is 0. The van der Waals surface area contributed by atoms with Gasteiger partial charge < -0.3 is 14.7 Å². The molecule has 5 heteroatoms. The van der Waals surface area contributed by atoms with E-state index >= 15 is 0 Å². The quantitative estimate of drug-likeness (QED) is 0.711. The SMILES string of the molecule is COCC(O)CN(C)C(C)C(=O)N1CCCC1. The van der Waals surface area contributed by atoms with Crippen molar-refractivity contribution >= 4 is 5.91 Å². The lowest BCUT2D eigenvalue weighted by molar-refractivity contribution is -0.135. The van der Waals surface area contributed by atoms with Gasteiger partial charge in [0.25, 0.3) is 0 Å². The number of likely N-dealkylation sites (tertiary alicyclic amines) is 1. The Morgan fingerprint density at radius 3 is 2.59 bits per heavy atom. The van der Waals surface area contributed by atoms with Crippen molar-refractivity contribution in [3.63, 3.8) is 0 Å². The molecule has 1 heterocycles. The summed E-state index contributed by atoms with van der Waals surface area (Å²) in [6.07, 6.45) is 1.67. The average Bonchev–Trinajstić information content (AvgIpc) is 2.80. The van der Waals surface area contributed by atoms with E-state index < -0.39 is 6.10 Å². The smallest absolute Gasteiger partial charge is 0.239 e. The summed E-state index contributed by atoms with van der Waals surface area (Å²) in [7, 11) is 3.42. The summed E-state index contributed by atoms with van der Waals surface area (Å²) < 4.78 is 4.87. The van der Waals surface area contributed by atoms with Crippen molar-refractivity contribution in [1.82, 2.24) is 9.80 Å². The molecule has 0 aromatic rings. The molecule has 1 fully saturated rings. The second kappa shape index (κ2) is 6.93. The van der Waals surface area contributed by atoms with Crippen molar-refractivity contribution in [2.24, 2.45) is 0 Å². The van der Waals surface area contributed by atoms with E-state index in [0.717, 1.165) is 25.9 Å². The van der Waals surface area contributed by atoms with Gasteiger partial charge in [-0.3, -0.25) is 9.69 Å². The zero-order valence-corrected chi connectivity index (χ0v) is 11.1. The van der Waals surface area contributed by atoms with Gasteiger partial charge in [0.1, 0.15) is 0 Å². The highest BCUT2D eigenvalue weighted by atomic mass is 16.5. The number of aliphatic hydroxyl groups excluding tert-OH is 1. The Morgan fingerprint density at radius 2 is 2.06 bits per heavy atom. The van der Waals surface area contributed by atoms with Gasteiger partial charge in [-0.15, -0.1) is 0 Å². The first kappa shape index (κ1) is 14.4. The number of likely N-dealkylation sites (N-methyl/N-ethyl adjacent to an activating group) is 1. The molecule has 17 heavy (non-hydrogen) atoms. The second-order valence-electron chi connectivity index (χ2n) is 4.76. The normalized spacial score (nSPS) is 19.7. The molecule has 0 aliphatic carbocycles. The van der Waals surface area contributed by atoms with E-state index in [9.17, 15) is 9.90 Å². The Labute approximate surface area is 103 Å². The van der Waals surface area contributed by atoms with Gasteiger partial charge >= 0.3 is 0 Å². The van der Waals surface area contributed by atoms with Crippen LogP contribution in [0.3, 0.4) is 0 Å². The third-order valence-electron chi connectivity index (χ3n) is 3.29. The summed E-state index contributed by atoms with van der Waals surface area (Å²) in [5.41, 5.74) is 0. The van der Waals surface area contributed by atoms with Crippen LogP contribution in [0.2, 0.25) is 0 Å². The van der Waals surface area contributed by atoms with Crippen LogP contribution >= 0.6 is 0 Å². The number of hydrogen-bond acceptors (Lipinski definition) is 4. The van der Waals surface area contributed by atoms with E-state index in [1.807, 2.05) is 23.8 Å². The van der Waals surface area contributed by atoms with Crippen LogP contribution in [0.1, 0.15) is 19.8 Å². The monoisotopic (exact) mass is 244 g/mol. The van der Waals surface area contributed by atoms with Gasteiger partial charge in [0.2, 0.25) is 5.91 Å². The van der Waals surface area contributed by atoms with Gasteiger partial charge in [0, 0.05) is 26.7 Å². The van der Waals surface area contributed by atoms with Gasteiger partial charge in [-0.05, 0) is 26.8 Å². The highest BCUT2D eigenvalue weighted by Crippen LogP contribution is 2.11. The van der Waals surface area contributed by atoms with E-state index in [1.165, 1.54) is 0 Å². The number of hydrogen-bond donors (Lipinski definition) is 1. The molecule has 1 saturated heterocycles. The molecule has 1 amide bonds. The van der Waals surface area contributed by atoms with Crippen LogP contribution in [0.15, 0.2) is 0 Å². The van der Waals surface area contributed by atoms with Gasteiger partial charge in [0.15, 0.2) is 0 Å². The zero-order chi connectivity index (χ0) is 12.8.